The second-order valence-electron chi connectivity index (χ2n) is 5.82. The fraction of sp³-hybridized carbons (Fsp3) is 0.158. The number of ether oxygens (including phenoxy) is 1. The number of carbonyl (C=O) groups excluding carboxylic acids is 2. The van der Waals surface area contributed by atoms with Crippen molar-refractivity contribution in [1.82, 2.24) is 0 Å². The molecule has 1 heterocycles. The maximum absolute atomic E-state index is 12.6. The van der Waals surface area contributed by atoms with Gasteiger partial charge in [0.1, 0.15) is 16.7 Å². The lowest BCUT2D eigenvalue weighted by atomic mass is 10.2. The van der Waals surface area contributed by atoms with E-state index in [2.05, 4.69) is 10.2 Å². The minimum atomic E-state index is -0.668. The maximum Gasteiger partial charge on any atom is 0.247 e. The summed E-state index contributed by atoms with van der Waals surface area (Å²) in [7, 11) is 1.54. The predicted molar refractivity (Wildman–Crippen MR) is 109 cm³/mol. The van der Waals surface area contributed by atoms with Crippen LogP contribution in [0.2, 0.25) is 0 Å². The molecular formula is C19H18N4O4S. The summed E-state index contributed by atoms with van der Waals surface area (Å²) in [4.78, 5) is 26.0. The van der Waals surface area contributed by atoms with Crippen LogP contribution in [0, 0.1) is 0 Å². The van der Waals surface area contributed by atoms with E-state index in [1.165, 1.54) is 19.4 Å². The van der Waals surface area contributed by atoms with Gasteiger partial charge >= 0.3 is 0 Å². The highest BCUT2D eigenvalue weighted by Gasteiger charge is 2.40. The molecular weight excluding hydrogens is 380 g/mol. The van der Waals surface area contributed by atoms with Gasteiger partial charge < -0.3 is 15.6 Å². The molecule has 0 aliphatic carbocycles. The summed E-state index contributed by atoms with van der Waals surface area (Å²) in [5.41, 5.74) is 6.79. The van der Waals surface area contributed by atoms with Crippen molar-refractivity contribution in [3.63, 3.8) is 0 Å². The van der Waals surface area contributed by atoms with Crippen LogP contribution in [0.3, 0.4) is 0 Å². The van der Waals surface area contributed by atoms with E-state index in [4.69, 9.17) is 10.5 Å². The van der Waals surface area contributed by atoms with Gasteiger partial charge in [-0.05, 0) is 36.4 Å². The van der Waals surface area contributed by atoms with Crippen molar-refractivity contribution in [2.45, 2.75) is 11.7 Å². The standard InChI is InChI=1S/C19H18N4O4S/c1-27-14-8-6-13(7-9-14)23-17(25)10-16(18(23)26)28-19(20)22-21-11-12-4-2-3-5-15(12)24/h2-9,11,16,24H,10H2,1H3,(H2,20,22)/b21-11-/t16-/m1/s1. The van der Waals surface area contributed by atoms with Gasteiger partial charge in [-0.3, -0.25) is 9.59 Å². The van der Waals surface area contributed by atoms with E-state index in [1.807, 2.05) is 0 Å². The number of amidine groups is 1. The van der Waals surface area contributed by atoms with Crippen molar-refractivity contribution in [3.8, 4) is 11.5 Å². The molecule has 0 bridgehead atoms. The summed E-state index contributed by atoms with van der Waals surface area (Å²) in [5.74, 6) is 0.0352. The van der Waals surface area contributed by atoms with Crippen LogP contribution in [-0.4, -0.2) is 40.7 Å². The molecule has 0 saturated carbocycles. The molecule has 3 rings (SSSR count). The van der Waals surface area contributed by atoms with Crippen LogP contribution < -0.4 is 15.4 Å². The predicted octanol–water partition coefficient (Wildman–Crippen LogP) is 2.11. The summed E-state index contributed by atoms with van der Waals surface area (Å²) < 4.78 is 5.08. The first-order valence-corrected chi connectivity index (χ1v) is 9.19. The van der Waals surface area contributed by atoms with Gasteiger partial charge in [-0.15, -0.1) is 5.10 Å². The molecule has 1 saturated heterocycles. The van der Waals surface area contributed by atoms with Crippen LogP contribution in [-0.2, 0) is 9.59 Å². The zero-order chi connectivity index (χ0) is 20.1. The van der Waals surface area contributed by atoms with Crippen LogP contribution >= 0.6 is 11.8 Å². The summed E-state index contributed by atoms with van der Waals surface area (Å²) in [5, 5.41) is 16.7. The van der Waals surface area contributed by atoms with E-state index in [9.17, 15) is 14.7 Å². The third-order valence-electron chi connectivity index (χ3n) is 3.99. The van der Waals surface area contributed by atoms with E-state index >= 15 is 0 Å². The number of aromatic hydroxyl groups is 1. The number of nitrogens with two attached hydrogens (primary N) is 1. The number of phenolic OH excluding ortho intramolecular Hbond substituents is 1. The monoisotopic (exact) mass is 398 g/mol. The Morgan fingerprint density at radius 2 is 1.96 bits per heavy atom. The second kappa shape index (κ2) is 8.57. The average molecular weight is 398 g/mol. The maximum atomic E-state index is 12.6. The van der Waals surface area contributed by atoms with Crippen molar-refractivity contribution >= 4 is 40.6 Å². The fourth-order valence-electron chi connectivity index (χ4n) is 2.61. The number of imide groups is 1. The van der Waals surface area contributed by atoms with Gasteiger partial charge in [-0.1, -0.05) is 23.9 Å². The van der Waals surface area contributed by atoms with Crippen molar-refractivity contribution in [1.29, 1.82) is 0 Å². The van der Waals surface area contributed by atoms with Gasteiger partial charge in [0, 0.05) is 12.0 Å². The Kier molecular flexibility index (Phi) is 5.95. The topological polar surface area (TPSA) is 118 Å². The first-order valence-electron chi connectivity index (χ1n) is 8.31. The van der Waals surface area contributed by atoms with Crippen LogP contribution in [0.15, 0.2) is 58.7 Å². The summed E-state index contributed by atoms with van der Waals surface area (Å²) >= 11 is 0.979. The van der Waals surface area contributed by atoms with Crippen molar-refractivity contribution in [2.24, 2.45) is 15.9 Å². The second-order valence-corrected chi connectivity index (χ2v) is 7.04. The summed E-state index contributed by atoms with van der Waals surface area (Å²) in [6.07, 6.45) is 1.38. The first kappa shape index (κ1) is 19.4. The van der Waals surface area contributed by atoms with E-state index < -0.39 is 5.25 Å². The molecule has 8 nitrogen and oxygen atoms in total. The molecule has 1 fully saturated rings. The first-order chi connectivity index (χ1) is 13.5. The highest BCUT2D eigenvalue weighted by atomic mass is 32.2. The Bertz CT molecular complexity index is 943. The number of amides is 2. The van der Waals surface area contributed by atoms with Crippen LogP contribution in [0.25, 0.3) is 0 Å². The van der Waals surface area contributed by atoms with E-state index in [-0.39, 0.29) is 29.2 Å². The minimum absolute atomic E-state index is 0.0228. The molecule has 0 radical (unpaired) electrons. The van der Waals surface area contributed by atoms with E-state index in [0.717, 1.165) is 16.7 Å². The molecule has 0 aromatic heterocycles. The average Bonchev–Trinajstić information content (AvgIpc) is 2.96. The quantitative estimate of drug-likeness (QED) is 0.345. The van der Waals surface area contributed by atoms with E-state index in [0.29, 0.717) is 17.0 Å². The molecule has 1 atom stereocenters. The van der Waals surface area contributed by atoms with Gasteiger partial charge in [0.15, 0.2) is 5.17 Å². The number of hydrogen-bond acceptors (Lipinski definition) is 7. The number of methoxy groups -OCH3 is 1. The van der Waals surface area contributed by atoms with Gasteiger partial charge in [0.25, 0.3) is 0 Å². The molecule has 3 N–H and O–H groups in total. The number of para-hydroxylation sites is 1. The SMILES string of the molecule is COc1ccc(N2C(=O)C[C@@H](S/C(N)=N/N=C\c3ccccc3O)C2=O)cc1. The third-order valence-corrected chi connectivity index (χ3v) is 4.96. The van der Waals surface area contributed by atoms with Gasteiger partial charge in [-0.2, -0.15) is 5.10 Å². The van der Waals surface area contributed by atoms with Crippen molar-refractivity contribution in [3.05, 3.63) is 54.1 Å². The molecule has 0 spiro atoms. The molecule has 1 aliphatic rings. The van der Waals surface area contributed by atoms with Crippen LogP contribution in [0.5, 0.6) is 11.5 Å². The fourth-order valence-corrected chi connectivity index (χ4v) is 3.43. The summed E-state index contributed by atoms with van der Waals surface area (Å²) in [6, 6.07) is 13.3. The molecule has 2 aromatic carbocycles. The number of anilines is 1. The molecule has 28 heavy (non-hydrogen) atoms. The Morgan fingerprint density at radius 3 is 2.64 bits per heavy atom. The Labute approximate surface area is 165 Å². The lowest BCUT2D eigenvalue weighted by Gasteiger charge is -2.15. The number of nitrogens with zero attached hydrogens (tertiary/aromatic N) is 3. The molecule has 1 aliphatic heterocycles. The van der Waals surface area contributed by atoms with Gasteiger partial charge in [0.2, 0.25) is 11.8 Å². The zero-order valence-corrected chi connectivity index (χ0v) is 15.8. The third kappa shape index (κ3) is 4.32. The highest BCUT2D eigenvalue weighted by Crippen LogP contribution is 2.30. The number of benzene rings is 2. The molecule has 2 aromatic rings. The summed E-state index contributed by atoms with van der Waals surface area (Å²) in [6.45, 7) is 0. The van der Waals surface area contributed by atoms with Crippen molar-refractivity contribution in [2.75, 3.05) is 12.0 Å². The number of carbonyl (C=O) groups is 2. The lowest BCUT2D eigenvalue weighted by molar-refractivity contribution is -0.121. The Hall–Kier alpha value is -3.33. The zero-order valence-electron chi connectivity index (χ0n) is 15.0. The van der Waals surface area contributed by atoms with Crippen molar-refractivity contribution < 1.29 is 19.4 Å². The molecule has 144 valence electrons. The Morgan fingerprint density at radius 1 is 1.25 bits per heavy atom. The number of thioether (sulfide) groups is 1. The van der Waals surface area contributed by atoms with Gasteiger partial charge in [0.05, 0.1) is 19.0 Å². The highest BCUT2D eigenvalue weighted by molar-refractivity contribution is 8.14. The van der Waals surface area contributed by atoms with Crippen LogP contribution in [0.4, 0.5) is 5.69 Å². The largest absolute Gasteiger partial charge is 0.507 e. The number of rotatable bonds is 5. The molecule has 2 amide bonds. The smallest absolute Gasteiger partial charge is 0.247 e. The molecule has 9 heteroatoms. The van der Waals surface area contributed by atoms with Gasteiger partial charge in [-0.25, -0.2) is 4.90 Å². The normalized spacial score (nSPS) is 17.5. The Balaban J connectivity index is 1.66. The molecule has 0 unspecified atom stereocenters. The number of phenols is 1. The minimum Gasteiger partial charge on any atom is -0.507 e. The number of hydrogen-bond donors (Lipinski definition) is 2. The lowest BCUT2D eigenvalue weighted by Crippen LogP contribution is -2.31. The van der Waals surface area contributed by atoms with E-state index in [1.54, 1.807) is 42.5 Å². The van der Waals surface area contributed by atoms with Crippen LogP contribution in [0.1, 0.15) is 12.0 Å².